The molecule has 5 heteroatoms. The summed E-state index contributed by atoms with van der Waals surface area (Å²) in [6.45, 7) is 0. The molecule has 1 atom stereocenters. The van der Waals surface area contributed by atoms with Crippen molar-refractivity contribution in [3.8, 4) is 11.5 Å². The zero-order chi connectivity index (χ0) is 15.2. The maximum Gasteiger partial charge on any atom is 0.349 e. The van der Waals surface area contributed by atoms with Crippen molar-refractivity contribution >= 4 is 12.3 Å². The number of benzene rings is 2. The number of carboxylic acid groups (broad SMARTS) is 1. The van der Waals surface area contributed by atoms with Gasteiger partial charge in [-0.1, -0.05) is 30.3 Å². The van der Waals surface area contributed by atoms with Crippen molar-refractivity contribution in [3.05, 3.63) is 59.7 Å². The van der Waals surface area contributed by atoms with Crippen LogP contribution in [0.1, 0.15) is 22.0 Å². The lowest BCUT2D eigenvalue weighted by atomic mass is 10.1. The standard InChI is InChI=1S/C16H14O5/c1-20-13-8-7-11(10-17)9-14(13)21-15(16(18)19)12-5-3-2-4-6-12/h2-10,15H,1H3,(H,18,19). The maximum atomic E-state index is 11.4. The van der Waals surface area contributed by atoms with Crippen molar-refractivity contribution in [2.75, 3.05) is 7.11 Å². The maximum absolute atomic E-state index is 11.4. The lowest BCUT2D eigenvalue weighted by Gasteiger charge is -2.17. The van der Waals surface area contributed by atoms with Gasteiger partial charge in [0.05, 0.1) is 7.11 Å². The van der Waals surface area contributed by atoms with E-state index >= 15 is 0 Å². The van der Waals surface area contributed by atoms with E-state index in [-0.39, 0.29) is 5.75 Å². The largest absolute Gasteiger partial charge is 0.493 e. The number of carbonyl (C=O) groups excluding carboxylic acids is 1. The Bertz CT molecular complexity index is 636. The molecule has 0 heterocycles. The Morgan fingerprint density at radius 1 is 1.14 bits per heavy atom. The summed E-state index contributed by atoms with van der Waals surface area (Å²) in [4.78, 5) is 22.3. The first kappa shape index (κ1) is 14.6. The van der Waals surface area contributed by atoms with Crippen LogP contribution in [-0.2, 0) is 4.79 Å². The van der Waals surface area contributed by atoms with Gasteiger partial charge in [0.25, 0.3) is 0 Å². The topological polar surface area (TPSA) is 72.8 Å². The van der Waals surface area contributed by atoms with Gasteiger partial charge in [0.1, 0.15) is 6.29 Å². The number of hydrogen-bond donors (Lipinski definition) is 1. The minimum absolute atomic E-state index is 0.207. The van der Waals surface area contributed by atoms with Gasteiger partial charge in [0.2, 0.25) is 6.10 Å². The first-order chi connectivity index (χ1) is 10.2. The van der Waals surface area contributed by atoms with Crippen molar-refractivity contribution in [1.29, 1.82) is 0 Å². The molecule has 0 saturated carbocycles. The highest BCUT2D eigenvalue weighted by atomic mass is 16.5. The van der Waals surface area contributed by atoms with Crippen LogP contribution < -0.4 is 9.47 Å². The minimum Gasteiger partial charge on any atom is -0.493 e. The van der Waals surface area contributed by atoms with Crippen molar-refractivity contribution in [1.82, 2.24) is 0 Å². The van der Waals surface area contributed by atoms with E-state index in [2.05, 4.69) is 0 Å². The average Bonchev–Trinajstić information content (AvgIpc) is 2.52. The predicted molar refractivity (Wildman–Crippen MR) is 75.8 cm³/mol. The predicted octanol–water partition coefficient (Wildman–Crippen LogP) is 2.71. The number of carboxylic acids is 1. The van der Waals surface area contributed by atoms with Crippen LogP contribution in [0.5, 0.6) is 11.5 Å². The molecule has 108 valence electrons. The van der Waals surface area contributed by atoms with Gasteiger partial charge in [0, 0.05) is 11.1 Å². The molecule has 0 aromatic heterocycles. The molecule has 2 aromatic rings. The molecule has 1 unspecified atom stereocenters. The summed E-state index contributed by atoms with van der Waals surface area (Å²) < 4.78 is 10.7. The van der Waals surface area contributed by atoms with E-state index in [0.717, 1.165) is 0 Å². The molecule has 2 aromatic carbocycles. The van der Waals surface area contributed by atoms with Crippen LogP contribution in [0.25, 0.3) is 0 Å². The van der Waals surface area contributed by atoms with Crippen LogP contribution in [-0.4, -0.2) is 24.5 Å². The number of rotatable bonds is 6. The number of aliphatic carboxylic acids is 1. The van der Waals surface area contributed by atoms with Crippen LogP contribution in [0.3, 0.4) is 0 Å². The van der Waals surface area contributed by atoms with Crippen molar-refractivity contribution < 1.29 is 24.2 Å². The molecule has 5 nitrogen and oxygen atoms in total. The molecule has 0 amide bonds. The Morgan fingerprint density at radius 3 is 2.43 bits per heavy atom. The molecule has 2 rings (SSSR count). The molecule has 0 fully saturated rings. The number of methoxy groups -OCH3 is 1. The minimum atomic E-state index is -1.18. The molecule has 0 aliphatic rings. The smallest absolute Gasteiger partial charge is 0.349 e. The zero-order valence-corrected chi connectivity index (χ0v) is 11.4. The third kappa shape index (κ3) is 3.39. The van der Waals surface area contributed by atoms with Crippen molar-refractivity contribution in [2.24, 2.45) is 0 Å². The van der Waals surface area contributed by atoms with Gasteiger partial charge in [-0.3, -0.25) is 4.79 Å². The van der Waals surface area contributed by atoms with Crippen molar-refractivity contribution in [3.63, 3.8) is 0 Å². The van der Waals surface area contributed by atoms with Gasteiger partial charge in [-0.25, -0.2) is 4.79 Å². The van der Waals surface area contributed by atoms with E-state index in [0.29, 0.717) is 23.2 Å². The highest BCUT2D eigenvalue weighted by Gasteiger charge is 2.23. The quantitative estimate of drug-likeness (QED) is 0.826. The fraction of sp³-hybridized carbons (Fsp3) is 0.125. The van der Waals surface area contributed by atoms with Gasteiger partial charge < -0.3 is 14.6 Å². The van der Waals surface area contributed by atoms with E-state index in [1.165, 1.54) is 13.2 Å². The SMILES string of the molecule is COc1ccc(C=O)cc1OC(C(=O)O)c1ccccc1. The molecule has 0 bridgehead atoms. The second kappa shape index (κ2) is 6.56. The third-order valence-corrected chi connectivity index (χ3v) is 2.90. The molecule has 0 aliphatic carbocycles. The van der Waals surface area contributed by atoms with E-state index in [4.69, 9.17) is 9.47 Å². The first-order valence-electron chi connectivity index (χ1n) is 6.23. The summed E-state index contributed by atoms with van der Waals surface area (Å²) in [6, 6.07) is 13.1. The van der Waals surface area contributed by atoms with Crippen LogP contribution in [0.4, 0.5) is 0 Å². The summed E-state index contributed by atoms with van der Waals surface area (Å²) >= 11 is 0. The van der Waals surface area contributed by atoms with Crippen LogP contribution in [0.2, 0.25) is 0 Å². The van der Waals surface area contributed by atoms with E-state index in [1.54, 1.807) is 42.5 Å². The van der Waals surface area contributed by atoms with Gasteiger partial charge >= 0.3 is 5.97 Å². The summed E-state index contributed by atoms with van der Waals surface area (Å²) in [7, 11) is 1.45. The fourth-order valence-electron chi connectivity index (χ4n) is 1.87. The monoisotopic (exact) mass is 286 g/mol. The molecule has 0 spiro atoms. The summed E-state index contributed by atoms with van der Waals surface area (Å²) in [5, 5.41) is 9.34. The third-order valence-electron chi connectivity index (χ3n) is 2.90. The molecule has 0 saturated heterocycles. The molecule has 1 N–H and O–H groups in total. The molecule has 0 radical (unpaired) electrons. The second-order valence-corrected chi connectivity index (χ2v) is 4.27. The summed E-state index contributed by atoms with van der Waals surface area (Å²) in [5.41, 5.74) is 0.881. The zero-order valence-electron chi connectivity index (χ0n) is 11.4. The molecule has 0 aliphatic heterocycles. The Kier molecular flexibility index (Phi) is 4.56. The first-order valence-corrected chi connectivity index (χ1v) is 6.23. The lowest BCUT2D eigenvalue weighted by Crippen LogP contribution is -2.18. The molecular weight excluding hydrogens is 272 g/mol. The Balaban J connectivity index is 2.37. The average molecular weight is 286 g/mol. The highest BCUT2D eigenvalue weighted by Crippen LogP contribution is 2.32. The van der Waals surface area contributed by atoms with E-state index < -0.39 is 12.1 Å². The fourth-order valence-corrected chi connectivity index (χ4v) is 1.87. The van der Waals surface area contributed by atoms with Gasteiger partial charge in [-0.2, -0.15) is 0 Å². The highest BCUT2D eigenvalue weighted by molar-refractivity contribution is 5.77. The van der Waals surface area contributed by atoms with Gasteiger partial charge in [0.15, 0.2) is 11.5 Å². The number of aldehydes is 1. The Morgan fingerprint density at radius 2 is 1.86 bits per heavy atom. The van der Waals surface area contributed by atoms with Gasteiger partial charge in [-0.05, 0) is 18.2 Å². The number of ether oxygens (including phenoxy) is 2. The van der Waals surface area contributed by atoms with Crippen molar-refractivity contribution in [2.45, 2.75) is 6.10 Å². The number of carbonyl (C=O) groups is 2. The van der Waals surface area contributed by atoms with Crippen LogP contribution in [0.15, 0.2) is 48.5 Å². The van der Waals surface area contributed by atoms with E-state index in [9.17, 15) is 14.7 Å². The normalized spacial score (nSPS) is 11.5. The van der Waals surface area contributed by atoms with E-state index in [1.807, 2.05) is 0 Å². The molecule has 21 heavy (non-hydrogen) atoms. The second-order valence-electron chi connectivity index (χ2n) is 4.27. The summed E-state index contributed by atoms with van der Waals surface area (Å²) in [6.07, 6.45) is -0.521. The lowest BCUT2D eigenvalue weighted by molar-refractivity contribution is -0.145. The molecular formula is C16H14O5. The van der Waals surface area contributed by atoms with Crippen LogP contribution >= 0.6 is 0 Å². The van der Waals surface area contributed by atoms with Crippen LogP contribution in [0, 0.1) is 0 Å². The van der Waals surface area contributed by atoms with Gasteiger partial charge in [-0.15, -0.1) is 0 Å². The Hall–Kier alpha value is -2.82. The summed E-state index contributed by atoms with van der Waals surface area (Å²) in [5.74, 6) is -0.555. The Labute approximate surface area is 121 Å². The number of hydrogen-bond acceptors (Lipinski definition) is 4.